The fraction of sp³-hybridized carbons (Fsp3) is 0.900. The molecule has 0 spiro atoms. The smallest absolute Gasteiger partial charge is 0.299 e. The van der Waals surface area contributed by atoms with E-state index in [1.807, 2.05) is 0 Å². The van der Waals surface area contributed by atoms with Gasteiger partial charge in [0.2, 0.25) is 0 Å². The van der Waals surface area contributed by atoms with Crippen molar-refractivity contribution in [3.8, 4) is 0 Å². The molecule has 1 nitrogen and oxygen atoms in total. The van der Waals surface area contributed by atoms with E-state index >= 15 is 0 Å². The molecule has 0 N–H and O–H groups in total. The minimum absolute atomic E-state index is 0.0567. The molecule has 0 aliphatic rings. The average Bonchev–Trinajstić information content (AvgIpc) is 2.15. The molecule has 0 heterocycles. The summed E-state index contributed by atoms with van der Waals surface area (Å²) in [6.45, 7) is 2.33. The van der Waals surface area contributed by atoms with Crippen molar-refractivity contribution in [3.63, 3.8) is 0 Å². The maximum absolute atomic E-state index is 13.6. The molecule has 0 saturated carbocycles. The zero-order valence-corrected chi connectivity index (χ0v) is 9.75. The van der Waals surface area contributed by atoms with Crippen LogP contribution < -0.4 is 0 Å². The maximum Gasteiger partial charge on any atom is 0.432 e. The van der Waals surface area contributed by atoms with Gasteiger partial charge in [-0.3, -0.25) is 4.79 Å². The molecule has 1 unspecified atom stereocenters. The van der Waals surface area contributed by atoms with Crippen LogP contribution in [0.2, 0.25) is 0 Å². The first-order valence-electron chi connectivity index (χ1n) is 5.28. The lowest BCUT2D eigenvalue weighted by atomic mass is 9.81. The molecule has 18 heavy (non-hydrogen) atoms. The number of halogens is 7. The largest absolute Gasteiger partial charge is 0.432 e. The highest BCUT2D eigenvalue weighted by Gasteiger charge is 2.76. The topological polar surface area (TPSA) is 17.1 Å². The van der Waals surface area contributed by atoms with Crippen molar-refractivity contribution in [3.05, 3.63) is 0 Å². The van der Waals surface area contributed by atoms with Gasteiger partial charge in [0.1, 0.15) is 5.78 Å². The van der Waals surface area contributed by atoms with Gasteiger partial charge >= 0.3 is 18.0 Å². The third-order valence-electron chi connectivity index (χ3n) is 2.60. The predicted octanol–water partition coefficient (Wildman–Crippen LogP) is 4.21. The van der Waals surface area contributed by atoms with Crippen molar-refractivity contribution in [2.75, 3.05) is 0 Å². The molecule has 0 aromatic rings. The van der Waals surface area contributed by atoms with Crippen LogP contribution in [0.25, 0.3) is 0 Å². The molecule has 8 heteroatoms. The Morgan fingerprint density at radius 1 is 0.944 bits per heavy atom. The van der Waals surface area contributed by atoms with Gasteiger partial charge in [0, 0.05) is 6.42 Å². The van der Waals surface area contributed by atoms with Crippen LogP contribution in [0.3, 0.4) is 0 Å². The quantitative estimate of drug-likeness (QED) is 0.690. The van der Waals surface area contributed by atoms with Gasteiger partial charge in [-0.25, -0.2) is 4.39 Å². The van der Waals surface area contributed by atoms with Crippen LogP contribution in [0.1, 0.15) is 33.1 Å². The van der Waals surface area contributed by atoms with Crippen molar-refractivity contribution in [1.29, 1.82) is 0 Å². The van der Waals surface area contributed by atoms with Crippen LogP contribution in [-0.2, 0) is 4.79 Å². The molecule has 0 radical (unpaired) electrons. The lowest BCUT2D eigenvalue weighted by Gasteiger charge is -2.35. The Bertz CT molecular complexity index is 278. The maximum atomic E-state index is 13.6. The van der Waals surface area contributed by atoms with E-state index in [1.165, 1.54) is 6.92 Å². The van der Waals surface area contributed by atoms with Crippen LogP contribution in [0, 0.1) is 5.92 Å². The Labute approximate surface area is 99.3 Å². The Kier molecular flexibility index (Phi) is 5.19. The molecule has 0 aliphatic heterocycles. The minimum atomic E-state index is -6.17. The number of ketones is 1. The highest BCUT2D eigenvalue weighted by atomic mass is 19.4. The molecule has 0 amide bonds. The zero-order valence-electron chi connectivity index (χ0n) is 9.75. The molecular weight excluding hydrogens is 269 g/mol. The highest BCUT2D eigenvalue weighted by Crippen LogP contribution is 2.52. The second-order valence-corrected chi connectivity index (χ2v) is 3.88. The summed E-state index contributed by atoms with van der Waals surface area (Å²) in [6, 6.07) is 0. The minimum Gasteiger partial charge on any atom is -0.299 e. The molecule has 0 aliphatic carbocycles. The van der Waals surface area contributed by atoms with E-state index in [4.69, 9.17) is 0 Å². The van der Waals surface area contributed by atoms with Gasteiger partial charge in [0.15, 0.2) is 0 Å². The Hall–Kier alpha value is -0.820. The summed E-state index contributed by atoms with van der Waals surface area (Å²) in [5, 5.41) is 0. The van der Waals surface area contributed by atoms with Gasteiger partial charge in [-0.2, -0.15) is 26.3 Å². The summed E-state index contributed by atoms with van der Waals surface area (Å²) in [5.41, 5.74) is -5.49. The molecule has 0 bridgehead atoms. The fourth-order valence-corrected chi connectivity index (χ4v) is 1.71. The van der Waals surface area contributed by atoms with Gasteiger partial charge in [-0.1, -0.05) is 13.8 Å². The summed E-state index contributed by atoms with van der Waals surface area (Å²) < 4.78 is 87.9. The lowest BCUT2D eigenvalue weighted by Crippen LogP contribution is -2.60. The molecule has 0 rings (SSSR count). The van der Waals surface area contributed by atoms with Crippen LogP contribution in [0.15, 0.2) is 0 Å². The van der Waals surface area contributed by atoms with Gasteiger partial charge in [-0.05, 0) is 12.8 Å². The van der Waals surface area contributed by atoms with E-state index in [-0.39, 0.29) is 6.42 Å². The first-order chi connectivity index (χ1) is 7.93. The van der Waals surface area contributed by atoms with Gasteiger partial charge in [0.05, 0.1) is 5.92 Å². The number of Topliss-reactive ketones (excluding diaryl/α,β-unsaturated/α-hetero) is 1. The summed E-state index contributed by atoms with van der Waals surface area (Å²) in [4.78, 5) is 11.3. The summed E-state index contributed by atoms with van der Waals surface area (Å²) in [5.74, 6) is -4.12. The summed E-state index contributed by atoms with van der Waals surface area (Å²) in [6.07, 6.45) is -13.7. The predicted molar refractivity (Wildman–Crippen MR) is 49.6 cm³/mol. The van der Waals surface area contributed by atoms with E-state index in [2.05, 4.69) is 0 Å². The van der Waals surface area contributed by atoms with E-state index in [9.17, 15) is 35.5 Å². The van der Waals surface area contributed by atoms with E-state index in [1.54, 1.807) is 0 Å². The number of rotatable bonds is 5. The Morgan fingerprint density at radius 3 is 1.56 bits per heavy atom. The number of alkyl halides is 7. The van der Waals surface area contributed by atoms with Gasteiger partial charge in [0.25, 0.3) is 0 Å². The molecule has 108 valence electrons. The van der Waals surface area contributed by atoms with Gasteiger partial charge in [-0.15, -0.1) is 0 Å². The molecular formula is C10H13F7O. The van der Waals surface area contributed by atoms with E-state index in [0.29, 0.717) is 0 Å². The monoisotopic (exact) mass is 282 g/mol. The van der Waals surface area contributed by atoms with Crippen molar-refractivity contribution in [2.24, 2.45) is 5.92 Å². The van der Waals surface area contributed by atoms with Crippen molar-refractivity contribution in [2.45, 2.75) is 51.1 Å². The SMILES string of the molecule is CCCC(=O)C(CC)C(F)(C(F)(F)F)C(F)(F)F. The number of carbonyl (C=O) groups is 1. The van der Waals surface area contributed by atoms with Gasteiger partial charge < -0.3 is 0 Å². The average molecular weight is 282 g/mol. The third-order valence-corrected chi connectivity index (χ3v) is 2.60. The second kappa shape index (κ2) is 5.44. The Morgan fingerprint density at radius 2 is 1.33 bits per heavy atom. The Balaban J connectivity index is 5.64. The second-order valence-electron chi connectivity index (χ2n) is 3.88. The molecule has 0 aromatic heterocycles. The first kappa shape index (κ1) is 17.2. The van der Waals surface area contributed by atoms with Crippen LogP contribution in [0.4, 0.5) is 30.7 Å². The van der Waals surface area contributed by atoms with Crippen LogP contribution in [-0.4, -0.2) is 23.8 Å². The van der Waals surface area contributed by atoms with Crippen molar-refractivity contribution in [1.82, 2.24) is 0 Å². The summed E-state index contributed by atoms with van der Waals surface area (Å²) >= 11 is 0. The molecule has 0 fully saturated rings. The lowest BCUT2D eigenvalue weighted by molar-refractivity contribution is -0.354. The van der Waals surface area contributed by atoms with E-state index in [0.717, 1.165) is 6.92 Å². The summed E-state index contributed by atoms with van der Waals surface area (Å²) in [7, 11) is 0. The van der Waals surface area contributed by atoms with Crippen molar-refractivity contribution >= 4 is 5.78 Å². The highest BCUT2D eigenvalue weighted by molar-refractivity contribution is 5.82. The van der Waals surface area contributed by atoms with Crippen LogP contribution >= 0.6 is 0 Å². The zero-order chi connectivity index (χ0) is 14.8. The number of hydrogen-bond donors (Lipinski definition) is 0. The molecule has 1 atom stereocenters. The standard InChI is InChI=1S/C10H13F7O/c1-3-5-7(18)6(4-2)8(11,9(12,13)14)10(15,16)17/h6H,3-5H2,1-2H3. The van der Waals surface area contributed by atoms with E-state index < -0.39 is 42.6 Å². The fourth-order valence-electron chi connectivity index (χ4n) is 1.71. The molecule has 0 aromatic carbocycles. The molecule has 0 saturated heterocycles. The first-order valence-corrected chi connectivity index (χ1v) is 5.28. The number of carbonyl (C=O) groups excluding carboxylic acids is 1. The normalized spacial score (nSPS) is 15.6. The van der Waals surface area contributed by atoms with Crippen LogP contribution in [0.5, 0.6) is 0 Å². The van der Waals surface area contributed by atoms with Crippen molar-refractivity contribution < 1.29 is 35.5 Å². The third kappa shape index (κ3) is 2.95. The number of hydrogen-bond acceptors (Lipinski definition) is 1.